The summed E-state index contributed by atoms with van der Waals surface area (Å²) in [7, 11) is 0. The third-order valence-corrected chi connectivity index (χ3v) is 8.51. The van der Waals surface area contributed by atoms with Crippen LogP contribution in [0.5, 0.6) is 11.5 Å². The SMILES string of the molecule is CCCCCCCCCCCCCCCCCCCC(=O)OC[C@H]1O[C@H](Oc2cc3ccc(=O)oc3cc2O)[C@H](O)[C@@H](O)[C@@H]1O. The van der Waals surface area contributed by atoms with Crippen LogP contribution in [0.15, 0.2) is 33.5 Å². The molecule has 254 valence electrons. The number of aliphatic hydroxyl groups excluding tert-OH is 3. The Bertz CT molecular complexity index is 1180. The molecular formula is C35H54O10. The number of aromatic hydroxyl groups is 1. The van der Waals surface area contributed by atoms with Gasteiger partial charge >= 0.3 is 11.6 Å². The topological polar surface area (TPSA) is 156 Å². The van der Waals surface area contributed by atoms with E-state index in [1.165, 1.54) is 108 Å². The van der Waals surface area contributed by atoms with Gasteiger partial charge < -0.3 is 39.1 Å². The molecule has 0 radical (unpaired) electrons. The number of carbonyl (C=O) groups excluding carboxylic acids is 1. The van der Waals surface area contributed by atoms with Gasteiger partial charge in [-0.2, -0.15) is 0 Å². The molecule has 0 aliphatic carbocycles. The molecular weight excluding hydrogens is 580 g/mol. The van der Waals surface area contributed by atoms with Crippen molar-refractivity contribution in [1.29, 1.82) is 0 Å². The van der Waals surface area contributed by atoms with Crippen molar-refractivity contribution in [1.82, 2.24) is 0 Å². The Balaban J connectivity index is 1.25. The van der Waals surface area contributed by atoms with Crippen molar-refractivity contribution in [2.24, 2.45) is 0 Å². The number of fused-ring (bicyclic) bond motifs is 1. The number of phenols is 1. The molecule has 1 fully saturated rings. The van der Waals surface area contributed by atoms with E-state index in [0.717, 1.165) is 19.3 Å². The highest BCUT2D eigenvalue weighted by atomic mass is 16.7. The molecule has 1 aliphatic rings. The summed E-state index contributed by atoms with van der Waals surface area (Å²) in [6.45, 7) is 1.92. The zero-order valence-electron chi connectivity index (χ0n) is 26.9. The average Bonchev–Trinajstić information content (AvgIpc) is 3.02. The zero-order chi connectivity index (χ0) is 32.4. The molecule has 2 heterocycles. The van der Waals surface area contributed by atoms with Gasteiger partial charge in [0.15, 0.2) is 11.5 Å². The quantitative estimate of drug-likeness (QED) is 0.0661. The minimum absolute atomic E-state index is 0.0986. The third kappa shape index (κ3) is 12.9. The molecule has 1 saturated heterocycles. The molecule has 0 unspecified atom stereocenters. The van der Waals surface area contributed by atoms with Crippen molar-refractivity contribution < 1.29 is 43.8 Å². The summed E-state index contributed by atoms with van der Waals surface area (Å²) in [6, 6.07) is 5.26. The van der Waals surface area contributed by atoms with E-state index in [4.69, 9.17) is 18.6 Å². The average molecular weight is 635 g/mol. The summed E-state index contributed by atoms with van der Waals surface area (Å²) in [5.74, 6) is -0.914. The minimum atomic E-state index is -1.65. The van der Waals surface area contributed by atoms with Gasteiger partial charge in [0.05, 0.1) is 0 Å². The molecule has 45 heavy (non-hydrogen) atoms. The largest absolute Gasteiger partial charge is 0.504 e. The smallest absolute Gasteiger partial charge is 0.336 e. The summed E-state index contributed by atoms with van der Waals surface area (Å²) in [4.78, 5) is 23.7. The fourth-order valence-electron chi connectivity index (χ4n) is 5.70. The van der Waals surface area contributed by atoms with E-state index in [1.807, 2.05) is 0 Å². The van der Waals surface area contributed by atoms with Gasteiger partial charge in [0, 0.05) is 23.9 Å². The Morgan fingerprint density at radius 3 is 1.89 bits per heavy atom. The number of benzene rings is 1. The van der Waals surface area contributed by atoms with Crippen LogP contribution in [0.1, 0.15) is 122 Å². The highest BCUT2D eigenvalue weighted by molar-refractivity contribution is 5.80. The lowest BCUT2D eigenvalue weighted by Gasteiger charge is -2.39. The summed E-state index contributed by atoms with van der Waals surface area (Å²) >= 11 is 0. The third-order valence-electron chi connectivity index (χ3n) is 8.51. The van der Waals surface area contributed by atoms with Gasteiger partial charge in [0.2, 0.25) is 6.29 Å². The second-order valence-corrected chi connectivity index (χ2v) is 12.3. The van der Waals surface area contributed by atoms with E-state index in [2.05, 4.69) is 6.92 Å². The second kappa shape index (κ2) is 20.5. The minimum Gasteiger partial charge on any atom is -0.504 e. The molecule has 10 heteroatoms. The fourth-order valence-corrected chi connectivity index (χ4v) is 5.70. The van der Waals surface area contributed by atoms with Crippen molar-refractivity contribution >= 4 is 16.9 Å². The molecule has 0 amide bonds. The van der Waals surface area contributed by atoms with Crippen LogP contribution in [-0.2, 0) is 14.3 Å². The maximum absolute atomic E-state index is 12.3. The lowest BCUT2D eigenvalue weighted by Crippen LogP contribution is -2.60. The highest BCUT2D eigenvalue weighted by Crippen LogP contribution is 2.34. The van der Waals surface area contributed by atoms with Gasteiger partial charge in [-0.05, 0) is 18.6 Å². The van der Waals surface area contributed by atoms with Crippen LogP contribution in [0.25, 0.3) is 11.0 Å². The molecule has 1 aromatic heterocycles. The Kier molecular flexibility index (Phi) is 16.7. The summed E-state index contributed by atoms with van der Waals surface area (Å²) < 4.78 is 21.5. The van der Waals surface area contributed by atoms with Gasteiger partial charge in [-0.15, -0.1) is 0 Å². The number of rotatable bonds is 22. The first-order chi connectivity index (χ1) is 21.8. The molecule has 3 rings (SSSR count). The lowest BCUT2D eigenvalue weighted by atomic mass is 9.99. The van der Waals surface area contributed by atoms with Crippen LogP contribution in [0.3, 0.4) is 0 Å². The van der Waals surface area contributed by atoms with Crippen LogP contribution in [0.4, 0.5) is 0 Å². The molecule has 10 nitrogen and oxygen atoms in total. The summed E-state index contributed by atoms with van der Waals surface area (Å²) in [5.41, 5.74) is -0.446. The fraction of sp³-hybridized carbons (Fsp3) is 0.714. The first-order valence-electron chi connectivity index (χ1n) is 17.1. The first-order valence-corrected chi connectivity index (χ1v) is 17.1. The van der Waals surface area contributed by atoms with Gasteiger partial charge in [0.25, 0.3) is 0 Å². The van der Waals surface area contributed by atoms with Crippen LogP contribution < -0.4 is 10.4 Å². The van der Waals surface area contributed by atoms with E-state index < -0.39 is 42.3 Å². The molecule has 0 saturated carbocycles. The highest BCUT2D eigenvalue weighted by Gasteiger charge is 2.45. The maximum atomic E-state index is 12.3. The van der Waals surface area contributed by atoms with Crippen LogP contribution in [0.2, 0.25) is 0 Å². The number of carbonyl (C=O) groups is 1. The van der Waals surface area contributed by atoms with Gasteiger partial charge in [-0.3, -0.25) is 4.79 Å². The number of unbranched alkanes of at least 4 members (excludes halogenated alkanes) is 16. The van der Waals surface area contributed by atoms with E-state index in [9.17, 15) is 30.0 Å². The van der Waals surface area contributed by atoms with E-state index in [0.29, 0.717) is 11.8 Å². The van der Waals surface area contributed by atoms with Gasteiger partial charge in [-0.1, -0.05) is 110 Å². The van der Waals surface area contributed by atoms with Crippen molar-refractivity contribution in [2.75, 3.05) is 6.61 Å². The summed E-state index contributed by atoms with van der Waals surface area (Å²) in [5, 5.41) is 41.9. The van der Waals surface area contributed by atoms with Crippen molar-refractivity contribution in [3.05, 3.63) is 34.7 Å². The molecule has 1 aliphatic heterocycles. The monoisotopic (exact) mass is 634 g/mol. The summed E-state index contributed by atoms with van der Waals surface area (Å²) in [6.07, 6.45) is 14.2. The number of aliphatic hydroxyl groups is 3. The Morgan fingerprint density at radius 1 is 0.756 bits per heavy atom. The van der Waals surface area contributed by atoms with Crippen molar-refractivity contribution in [3.8, 4) is 11.5 Å². The van der Waals surface area contributed by atoms with Crippen LogP contribution in [0, 0.1) is 0 Å². The molecule has 4 N–H and O–H groups in total. The van der Waals surface area contributed by atoms with Crippen LogP contribution in [-0.4, -0.2) is 63.7 Å². The normalized spacial score (nSPS) is 21.6. The van der Waals surface area contributed by atoms with E-state index in [1.54, 1.807) is 0 Å². The molecule has 1 aromatic carbocycles. The number of hydrogen-bond donors (Lipinski definition) is 4. The second-order valence-electron chi connectivity index (χ2n) is 12.3. The van der Waals surface area contributed by atoms with E-state index >= 15 is 0 Å². The Hall–Kier alpha value is -2.66. The molecule has 0 spiro atoms. The first kappa shape index (κ1) is 36.8. The van der Waals surface area contributed by atoms with Gasteiger partial charge in [-0.25, -0.2) is 4.79 Å². The van der Waals surface area contributed by atoms with E-state index in [-0.39, 0.29) is 30.1 Å². The lowest BCUT2D eigenvalue weighted by molar-refractivity contribution is -0.278. The molecule has 2 aromatic rings. The standard InChI is InChI=1S/C35H54O10/c1-2-3-4-5-6-7-8-9-10-11-12-13-14-15-16-17-18-19-30(37)42-24-29-32(39)33(40)34(41)35(45-29)44-28-22-25-20-21-31(38)43-27(25)23-26(28)36/h20-23,29,32-36,39-41H,2-19,24H2,1H3/t29-,32-,33+,34-,35+/m1/s1. The number of ether oxygens (including phenoxy) is 3. The van der Waals surface area contributed by atoms with Crippen molar-refractivity contribution in [2.45, 2.75) is 153 Å². The Labute approximate surface area is 266 Å². The van der Waals surface area contributed by atoms with Gasteiger partial charge in [0.1, 0.15) is 36.6 Å². The predicted molar refractivity (Wildman–Crippen MR) is 171 cm³/mol. The number of hydrogen-bond acceptors (Lipinski definition) is 10. The molecule has 0 bridgehead atoms. The zero-order valence-corrected chi connectivity index (χ0v) is 26.9. The maximum Gasteiger partial charge on any atom is 0.336 e. The molecule has 5 atom stereocenters. The number of phenolic OH excluding ortho intramolecular Hbond substituents is 1. The predicted octanol–water partition coefficient (Wildman–Crippen LogP) is 6.27. The van der Waals surface area contributed by atoms with Crippen molar-refractivity contribution in [3.63, 3.8) is 0 Å². The Morgan fingerprint density at radius 2 is 1.31 bits per heavy atom. The number of esters is 1. The van der Waals surface area contributed by atoms with Crippen LogP contribution >= 0.6 is 0 Å².